The minimum Gasteiger partial charge on any atom is -0.306 e. The molecule has 1 nitrogen and oxygen atoms in total. The van der Waals surface area contributed by atoms with E-state index in [9.17, 15) is 4.39 Å². The fraction of sp³-hybridized carbons (Fsp3) is 0.333. The smallest absolute Gasteiger partial charge is 0.124 e. The Morgan fingerprint density at radius 3 is 2.65 bits per heavy atom. The van der Waals surface area contributed by atoms with Crippen molar-refractivity contribution in [3.05, 3.63) is 54.9 Å². The van der Waals surface area contributed by atoms with E-state index in [2.05, 4.69) is 34.2 Å². The molecule has 0 spiro atoms. The van der Waals surface area contributed by atoms with Crippen LogP contribution in [0.3, 0.4) is 0 Å². The average molecular weight is 377 g/mol. The van der Waals surface area contributed by atoms with E-state index in [1.807, 2.05) is 13.0 Å². The SMILES string of the molecule is CCCNC(c1cc(F)cc(Br)c1)c1cc(C)c(Cl)s1. The number of thiophene rings is 1. The lowest BCUT2D eigenvalue weighted by Crippen LogP contribution is -2.22. The van der Waals surface area contributed by atoms with Gasteiger partial charge >= 0.3 is 0 Å². The summed E-state index contributed by atoms with van der Waals surface area (Å²) in [5, 5.41) is 3.46. The van der Waals surface area contributed by atoms with Crippen molar-refractivity contribution in [3.8, 4) is 0 Å². The van der Waals surface area contributed by atoms with Crippen LogP contribution < -0.4 is 5.32 Å². The summed E-state index contributed by atoms with van der Waals surface area (Å²) in [5.74, 6) is -0.239. The Morgan fingerprint density at radius 1 is 1.35 bits per heavy atom. The molecular weight excluding hydrogens is 361 g/mol. The monoisotopic (exact) mass is 375 g/mol. The first kappa shape index (κ1) is 16.0. The maximum absolute atomic E-state index is 13.6. The second-order valence-electron chi connectivity index (χ2n) is 4.70. The Balaban J connectivity index is 2.40. The number of hydrogen-bond acceptors (Lipinski definition) is 2. The van der Waals surface area contributed by atoms with Crippen LogP contribution in [0, 0.1) is 12.7 Å². The molecule has 1 atom stereocenters. The third kappa shape index (κ3) is 3.82. The van der Waals surface area contributed by atoms with E-state index in [0.717, 1.165) is 37.8 Å². The highest BCUT2D eigenvalue weighted by Crippen LogP contribution is 2.35. The molecule has 1 unspecified atom stereocenters. The summed E-state index contributed by atoms with van der Waals surface area (Å²) in [5.41, 5.74) is 1.97. The molecule has 2 rings (SSSR count). The van der Waals surface area contributed by atoms with Gasteiger partial charge in [-0.1, -0.05) is 34.5 Å². The van der Waals surface area contributed by atoms with Crippen molar-refractivity contribution in [2.75, 3.05) is 6.54 Å². The van der Waals surface area contributed by atoms with E-state index in [4.69, 9.17) is 11.6 Å². The minimum atomic E-state index is -0.239. The van der Waals surface area contributed by atoms with E-state index in [1.54, 1.807) is 17.4 Å². The number of halogens is 3. The first-order chi connectivity index (χ1) is 9.51. The summed E-state index contributed by atoms with van der Waals surface area (Å²) in [6.45, 7) is 4.96. The van der Waals surface area contributed by atoms with Crippen molar-refractivity contribution in [2.45, 2.75) is 26.3 Å². The van der Waals surface area contributed by atoms with E-state index in [1.165, 1.54) is 6.07 Å². The van der Waals surface area contributed by atoms with Gasteiger partial charge in [0.05, 0.1) is 10.4 Å². The van der Waals surface area contributed by atoms with Crippen LogP contribution in [0.1, 0.15) is 35.4 Å². The third-order valence-corrected chi connectivity index (χ3v) is 5.06. The molecule has 1 N–H and O–H groups in total. The predicted octanol–water partition coefficient (Wildman–Crippen LogP) is 5.70. The molecule has 0 radical (unpaired) electrons. The van der Waals surface area contributed by atoms with Gasteiger partial charge in [-0.3, -0.25) is 0 Å². The van der Waals surface area contributed by atoms with E-state index < -0.39 is 0 Å². The summed E-state index contributed by atoms with van der Waals surface area (Å²) >= 11 is 11.1. The van der Waals surface area contributed by atoms with Crippen LogP contribution in [0.5, 0.6) is 0 Å². The van der Waals surface area contributed by atoms with E-state index >= 15 is 0 Å². The Labute approximate surface area is 136 Å². The van der Waals surface area contributed by atoms with Gasteiger partial charge in [0.15, 0.2) is 0 Å². The van der Waals surface area contributed by atoms with Crippen LogP contribution in [-0.2, 0) is 0 Å². The number of aryl methyl sites for hydroxylation is 1. The predicted molar refractivity (Wildman–Crippen MR) is 88.3 cm³/mol. The fourth-order valence-electron chi connectivity index (χ4n) is 2.04. The lowest BCUT2D eigenvalue weighted by molar-refractivity contribution is 0.590. The summed E-state index contributed by atoms with van der Waals surface area (Å²) < 4.78 is 15.2. The van der Waals surface area contributed by atoms with Crippen molar-refractivity contribution in [1.82, 2.24) is 5.32 Å². The maximum atomic E-state index is 13.6. The molecule has 2 aromatic rings. The first-order valence-corrected chi connectivity index (χ1v) is 8.45. The summed E-state index contributed by atoms with van der Waals surface area (Å²) in [4.78, 5) is 1.11. The quantitative estimate of drug-likeness (QED) is 0.705. The average Bonchev–Trinajstić information content (AvgIpc) is 2.69. The second kappa shape index (κ2) is 7.03. The zero-order valence-corrected chi connectivity index (χ0v) is 14.5. The molecule has 0 aliphatic rings. The van der Waals surface area contributed by atoms with Gasteiger partial charge in [-0.15, -0.1) is 11.3 Å². The molecular formula is C15H16BrClFNS. The Hall–Kier alpha value is -0.420. The molecule has 5 heteroatoms. The Bertz CT molecular complexity index is 560. The zero-order chi connectivity index (χ0) is 14.7. The van der Waals surface area contributed by atoms with Crippen LogP contribution in [-0.4, -0.2) is 6.54 Å². The molecule has 1 aromatic carbocycles. The highest BCUT2D eigenvalue weighted by Gasteiger charge is 2.18. The Kier molecular flexibility index (Phi) is 5.61. The van der Waals surface area contributed by atoms with Crippen LogP contribution in [0.15, 0.2) is 28.7 Å². The summed E-state index contributed by atoms with van der Waals surface area (Å²) in [7, 11) is 0. The normalized spacial score (nSPS) is 12.7. The maximum Gasteiger partial charge on any atom is 0.124 e. The third-order valence-electron chi connectivity index (χ3n) is 2.98. The van der Waals surface area contributed by atoms with Gasteiger partial charge in [0.1, 0.15) is 5.82 Å². The van der Waals surface area contributed by atoms with Crippen molar-refractivity contribution in [2.24, 2.45) is 0 Å². The largest absolute Gasteiger partial charge is 0.306 e. The highest BCUT2D eigenvalue weighted by atomic mass is 79.9. The van der Waals surface area contributed by atoms with Crippen molar-refractivity contribution in [3.63, 3.8) is 0 Å². The van der Waals surface area contributed by atoms with E-state index in [-0.39, 0.29) is 11.9 Å². The molecule has 0 fully saturated rings. The molecule has 1 heterocycles. The minimum absolute atomic E-state index is 0.0295. The van der Waals surface area contributed by atoms with Gasteiger partial charge < -0.3 is 5.32 Å². The van der Waals surface area contributed by atoms with Crippen molar-refractivity contribution in [1.29, 1.82) is 0 Å². The van der Waals surface area contributed by atoms with Gasteiger partial charge in [0, 0.05) is 9.35 Å². The molecule has 0 bridgehead atoms. The second-order valence-corrected chi connectivity index (χ2v) is 7.30. The van der Waals surface area contributed by atoms with Gasteiger partial charge in [-0.05, 0) is 55.3 Å². The van der Waals surface area contributed by atoms with Crippen LogP contribution in [0.4, 0.5) is 4.39 Å². The standard InChI is InChI=1S/C15H16BrClFNS/c1-3-4-19-14(13-5-9(2)15(17)20-13)10-6-11(16)8-12(18)7-10/h5-8,14,19H,3-4H2,1-2H3. The fourth-order valence-corrected chi connectivity index (χ4v) is 3.84. The van der Waals surface area contributed by atoms with Gasteiger partial charge in [-0.25, -0.2) is 4.39 Å². The van der Waals surface area contributed by atoms with E-state index in [0.29, 0.717) is 0 Å². The lowest BCUT2D eigenvalue weighted by atomic mass is 10.0. The summed E-state index contributed by atoms with van der Waals surface area (Å²) in [6, 6.07) is 7.02. The number of hydrogen-bond donors (Lipinski definition) is 1. The first-order valence-electron chi connectivity index (χ1n) is 6.46. The molecule has 0 saturated carbocycles. The van der Waals surface area contributed by atoms with Crippen molar-refractivity contribution < 1.29 is 4.39 Å². The van der Waals surface area contributed by atoms with Crippen LogP contribution in [0.25, 0.3) is 0 Å². The molecule has 20 heavy (non-hydrogen) atoms. The Morgan fingerprint density at radius 2 is 2.10 bits per heavy atom. The molecule has 0 amide bonds. The topological polar surface area (TPSA) is 12.0 Å². The van der Waals surface area contributed by atoms with Crippen LogP contribution >= 0.6 is 38.9 Å². The number of rotatable bonds is 5. The molecule has 1 aromatic heterocycles. The zero-order valence-electron chi connectivity index (χ0n) is 11.3. The molecule has 0 aliphatic carbocycles. The van der Waals surface area contributed by atoms with Gasteiger partial charge in [0.2, 0.25) is 0 Å². The molecule has 0 aliphatic heterocycles. The number of benzene rings is 1. The molecule has 0 saturated heterocycles. The highest BCUT2D eigenvalue weighted by molar-refractivity contribution is 9.10. The van der Waals surface area contributed by atoms with Gasteiger partial charge in [0.25, 0.3) is 0 Å². The molecule has 108 valence electrons. The number of nitrogens with one attached hydrogen (secondary N) is 1. The van der Waals surface area contributed by atoms with Gasteiger partial charge in [-0.2, -0.15) is 0 Å². The lowest BCUT2D eigenvalue weighted by Gasteiger charge is -2.18. The van der Waals surface area contributed by atoms with Crippen molar-refractivity contribution >= 4 is 38.9 Å². The summed E-state index contributed by atoms with van der Waals surface area (Å²) in [6.07, 6.45) is 1.02. The van der Waals surface area contributed by atoms with Crippen LogP contribution in [0.2, 0.25) is 4.34 Å².